The zero-order valence-electron chi connectivity index (χ0n) is 13.5. The van der Waals surface area contributed by atoms with Gasteiger partial charge in [0, 0.05) is 18.2 Å². The lowest BCUT2D eigenvalue weighted by molar-refractivity contribution is -0.426. The average Bonchev–Trinajstić information content (AvgIpc) is 2.62. The van der Waals surface area contributed by atoms with E-state index in [4.69, 9.17) is 0 Å². The van der Waals surface area contributed by atoms with Crippen LogP contribution in [-0.2, 0) is 4.79 Å². The molecule has 0 radical (unpaired) electrons. The van der Waals surface area contributed by atoms with E-state index in [1.807, 2.05) is 12.3 Å². The summed E-state index contributed by atoms with van der Waals surface area (Å²) in [6, 6.07) is 0. The van der Waals surface area contributed by atoms with Gasteiger partial charge in [-0.2, -0.15) is 0 Å². The first-order valence-electron chi connectivity index (χ1n) is 7.43. The molecule has 0 saturated heterocycles. The predicted molar refractivity (Wildman–Crippen MR) is 87.5 cm³/mol. The van der Waals surface area contributed by atoms with Crippen molar-refractivity contribution >= 4 is 5.78 Å². The van der Waals surface area contributed by atoms with Gasteiger partial charge < -0.3 is 10.1 Å². The van der Waals surface area contributed by atoms with Crippen LogP contribution in [0.25, 0.3) is 0 Å². The second kappa shape index (κ2) is 8.32. The second-order valence-electron chi connectivity index (χ2n) is 6.27. The number of nitro groups is 1. The Balaban J connectivity index is 2.38. The van der Waals surface area contributed by atoms with Crippen molar-refractivity contribution in [2.45, 2.75) is 46.5 Å². The molecule has 0 amide bonds. The van der Waals surface area contributed by atoms with Crippen LogP contribution in [-0.4, -0.2) is 10.7 Å². The third-order valence-corrected chi connectivity index (χ3v) is 3.41. The van der Waals surface area contributed by atoms with E-state index in [1.165, 1.54) is 6.08 Å². The van der Waals surface area contributed by atoms with Gasteiger partial charge in [-0.1, -0.05) is 32.1 Å². The fourth-order valence-corrected chi connectivity index (χ4v) is 2.33. The molecule has 5 heteroatoms. The Kier molecular flexibility index (Phi) is 6.76. The van der Waals surface area contributed by atoms with Crippen LogP contribution in [0, 0.1) is 15.5 Å². The van der Waals surface area contributed by atoms with Gasteiger partial charge in [0.25, 0.3) is 0 Å². The smallest absolute Gasteiger partial charge is 0.250 e. The minimum absolute atomic E-state index is 0.0161. The van der Waals surface area contributed by atoms with Crippen LogP contribution in [0.2, 0.25) is 0 Å². The lowest BCUT2D eigenvalue weighted by Gasteiger charge is -2.22. The molecular formula is C17H24N2O3. The molecule has 120 valence electrons. The molecule has 0 spiro atoms. The van der Waals surface area contributed by atoms with Crippen molar-refractivity contribution in [3.05, 3.63) is 58.1 Å². The Morgan fingerprint density at radius 2 is 2.23 bits per heavy atom. The van der Waals surface area contributed by atoms with Crippen LogP contribution in [0.3, 0.4) is 0 Å². The van der Waals surface area contributed by atoms with Crippen LogP contribution < -0.4 is 5.32 Å². The third-order valence-electron chi connectivity index (χ3n) is 3.41. The number of rotatable bonds is 8. The average molecular weight is 304 g/mol. The lowest BCUT2D eigenvalue weighted by atomic mass is 9.83. The molecule has 1 N–H and O–H groups in total. The molecule has 0 aliphatic heterocycles. The van der Waals surface area contributed by atoms with E-state index in [-0.39, 0.29) is 21.8 Å². The molecule has 0 unspecified atom stereocenters. The predicted octanol–water partition coefficient (Wildman–Crippen LogP) is 3.88. The molecule has 0 aromatic heterocycles. The molecule has 1 aliphatic rings. The highest BCUT2D eigenvalue weighted by Gasteiger charge is 2.18. The van der Waals surface area contributed by atoms with Gasteiger partial charge in [-0.15, -0.1) is 0 Å². The molecule has 5 nitrogen and oxygen atoms in total. The number of nitrogens with zero attached hydrogens (tertiary/aromatic N) is 1. The van der Waals surface area contributed by atoms with Crippen molar-refractivity contribution in [2.24, 2.45) is 5.41 Å². The van der Waals surface area contributed by atoms with Crippen LogP contribution in [0.5, 0.6) is 0 Å². The maximum absolute atomic E-state index is 11.2. The minimum atomic E-state index is -0.364. The topological polar surface area (TPSA) is 72.2 Å². The Morgan fingerprint density at radius 1 is 1.50 bits per heavy atom. The summed E-state index contributed by atoms with van der Waals surface area (Å²) in [4.78, 5) is 21.5. The van der Waals surface area contributed by atoms with Gasteiger partial charge in [-0.25, -0.2) is 0 Å². The number of ketones is 1. The number of hydrogen-bond acceptors (Lipinski definition) is 4. The maximum Gasteiger partial charge on any atom is 0.250 e. The zero-order valence-corrected chi connectivity index (χ0v) is 13.5. The van der Waals surface area contributed by atoms with Crippen LogP contribution in [0.15, 0.2) is 48.0 Å². The Hall–Kier alpha value is -2.17. The molecular weight excluding hydrogens is 280 g/mol. The molecule has 0 fully saturated rings. The maximum atomic E-state index is 11.2. The number of Topliss-reactive ketones (excluding diaryl/α,β-unsaturated/α-hetero) is 1. The van der Waals surface area contributed by atoms with Gasteiger partial charge in [0.1, 0.15) is 5.78 Å². The molecule has 0 heterocycles. The van der Waals surface area contributed by atoms with Crippen molar-refractivity contribution < 1.29 is 9.72 Å². The summed E-state index contributed by atoms with van der Waals surface area (Å²) in [7, 11) is 0. The molecule has 22 heavy (non-hydrogen) atoms. The monoisotopic (exact) mass is 304 g/mol. The van der Waals surface area contributed by atoms with E-state index < -0.39 is 0 Å². The normalized spacial score (nSPS) is 15.2. The molecule has 0 bridgehead atoms. The Labute approximate surface area is 131 Å². The summed E-state index contributed by atoms with van der Waals surface area (Å²) in [6.45, 7) is 5.81. The first kappa shape index (κ1) is 17.9. The number of allylic oxidation sites excluding steroid dienone is 5. The van der Waals surface area contributed by atoms with E-state index in [0.29, 0.717) is 12.8 Å². The Bertz CT molecular complexity index is 540. The van der Waals surface area contributed by atoms with Gasteiger partial charge >= 0.3 is 0 Å². The van der Waals surface area contributed by atoms with Crippen molar-refractivity contribution in [3.8, 4) is 0 Å². The molecule has 0 saturated carbocycles. The highest BCUT2D eigenvalue weighted by atomic mass is 16.6. The quantitative estimate of drug-likeness (QED) is 0.545. The fraction of sp³-hybridized carbons (Fsp3) is 0.471. The highest BCUT2D eigenvalue weighted by Crippen LogP contribution is 2.27. The van der Waals surface area contributed by atoms with Gasteiger partial charge in [-0.3, -0.25) is 10.1 Å². The summed E-state index contributed by atoms with van der Waals surface area (Å²) < 4.78 is 0. The van der Waals surface area contributed by atoms with Gasteiger partial charge in [0.15, 0.2) is 0 Å². The van der Waals surface area contributed by atoms with Crippen LogP contribution >= 0.6 is 0 Å². The summed E-state index contributed by atoms with van der Waals surface area (Å²) in [5, 5.41) is 13.8. The molecule has 0 atom stereocenters. The largest absolute Gasteiger partial charge is 0.362 e. The van der Waals surface area contributed by atoms with E-state index in [1.54, 1.807) is 25.2 Å². The van der Waals surface area contributed by atoms with Crippen molar-refractivity contribution in [1.82, 2.24) is 5.32 Å². The van der Waals surface area contributed by atoms with E-state index >= 15 is 0 Å². The molecule has 0 aromatic rings. The molecule has 1 rings (SSSR count). The summed E-state index contributed by atoms with van der Waals surface area (Å²) in [5.74, 6) is 0.218. The summed E-state index contributed by atoms with van der Waals surface area (Å²) >= 11 is 0. The lowest BCUT2D eigenvalue weighted by Crippen LogP contribution is -2.15. The zero-order chi connectivity index (χ0) is 16.6. The first-order chi connectivity index (χ1) is 10.3. The van der Waals surface area contributed by atoms with E-state index in [9.17, 15) is 14.9 Å². The van der Waals surface area contributed by atoms with Gasteiger partial charge in [0.05, 0.1) is 11.3 Å². The van der Waals surface area contributed by atoms with E-state index in [2.05, 4.69) is 19.2 Å². The van der Waals surface area contributed by atoms with Crippen molar-refractivity contribution in [1.29, 1.82) is 0 Å². The Morgan fingerprint density at radius 3 is 2.86 bits per heavy atom. The van der Waals surface area contributed by atoms with Gasteiger partial charge in [-0.05, 0) is 37.5 Å². The minimum Gasteiger partial charge on any atom is -0.362 e. The SMILES string of the molecule is CC(=O)CC(C)(C)CC/C=C/NC1=CCC([N+](=O)[O-])=CC=C1. The second-order valence-corrected chi connectivity index (χ2v) is 6.27. The number of carbonyl (C=O) groups excluding carboxylic acids is 1. The van der Waals surface area contributed by atoms with Gasteiger partial charge in [0.2, 0.25) is 5.70 Å². The highest BCUT2D eigenvalue weighted by molar-refractivity contribution is 5.76. The van der Waals surface area contributed by atoms with Crippen LogP contribution in [0.4, 0.5) is 0 Å². The standard InChI is InChI=1S/C17H24N2O3/c1-14(20)13-17(2,3)11-4-5-12-18-15-7-6-8-16(10-9-15)19(21)22/h5-9,12,18H,4,10-11,13H2,1-3H3/b12-5+. The van der Waals surface area contributed by atoms with E-state index in [0.717, 1.165) is 18.5 Å². The fourth-order valence-electron chi connectivity index (χ4n) is 2.33. The summed E-state index contributed by atoms with van der Waals surface area (Å²) in [5.41, 5.74) is 1.04. The number of hydrogen-bond donors (Lipinski definition) is 1. The molecule has 0 aromatic carbocycles. The third kappa shape index (κ3) is 7.02. The molecule has 1 aliphatic carbocycles. The number of carbonyl (C=O) groups is 1. The summed E-state index contributed by atoms with van der Waals surface area (Å²) in [6.07, 6.45) is 13.4. The first-order valence-corrected chi connectivity index (χ1v) is 7.43. The number of nitrogens with one attached hydrogen (secondary N) is 1. The van der Waals surface area contributed by atoms with Crippen molar-refractivity contribution in [3.63, 3.8) is 0 Å². The van der Waals surface area contributed by atoms with Crippen LogP contribution in [0.1, 0.15) is 46.5 Å². The van der Waals surface area contributed by atoms with Crippen molar-refractivity contribution in [2.75, 3.05) is 0 Å².